The fourth-order valence-corrected chi connectivity index (χ4v) is 2.99. The van der Waals surface area contributed by atoms with Crippen molar-refractivity contribution >= 4 is 17.7 Å². The van der Waals surface area contributed by atoms with E-state index in [2.05, 4.69) is 31.2 Å². The lowest BCUT2D eigenvalue weighted by Crippen LogP contribution is -2.36. The van der Waals surface area contributed by atoms with Crippen LogP contribution < -0.4 is 0 Å². The van der Waals surface area contributed by atoms with Crippen LogP contribution in [0.15, 0.2) is 24.3 Å². The quantitative estimate of drug-likeness (QED) is 0.839. The Kier molecular flexibility index (Phi) is 5.49. The van der Waals surface area contributed by atoms with Crippen molar-refractivity contribution < 1.29 is 9.90 Å². The molecule has 0 aromatic heterocycles. The zero-order valence-corrected chi connectivity index (χ0v) is 13.0. The second kappa shape index (κ2) is 7.14. The largest absolute Gasteiger partial charge is 0.391 e. The second-order valence-corrected chi connectivity index (χ2v) is 6.64. The van der Waals surface area contributed by atoms with E-state index in [1.165, 1.54) is 11.1 Å². The number of amides is 1. The normalized spacial score (nSPS) is 15.9. The van der Waals surface area contributed by atoms with Gasteiger partial charge in [0, 0.05) is 19.3 Å². The number of hydrogen-bond acceptors (Lipinski definition) is 3. The third kappa shape index (κ3) is 4.84. The third-order valence-electron chi connectivity index (χ3n) is 3.67. The van der Waals surface area contributed by atoms with Crippen molar-refractivity contribution in [2.75, 3.05) is 19.3 Å². The van der Waals surface area contributed by atoms with Crippen LogP contribution in [-0.2, 0) is 10.5 Å². The molecule has 20 heavy (non-hydrogen) atoms. The summed E-state index contributed by atoms with van der Waals surface area (Å²) in [4.78, 5) is 13.6. The van der Waals surface area contributed by atoms with Crippen molar-refractivity contribution in [2.24, 2.45) is 5.92 Å². The minimum Gasteiger partial charge on any atom is -0.391 e. The van der Waals surface area contributed by atoms with Crippen LogP contribution in [0.25, 0.3) is 0 Å². The average molecular weight is 293 g/mol. The molecule has 0 aliphatic heterocycles. The molecule has 1 aromatic carbocycles. The van der Waals surface area contributed by atoms with Crippen LogP contribution in [0, 0.1) is 12.8 Å². The van der Waals surface area contributed by atoms with Gasteiger partial charge in [0.05, 0.1) is 11.9 Å². The summed E-state index contributed by atoms with van der Waals surface area (Å²) in [5.41, 5.74) is 2.50. The fourth-order valence-electron chi connectivity index (χ4n) is 2.06. The number of thioether (sulfide) groups is 1. The molecule has 1 N–H and O–H groups in total. The number of hydrogen-bond donors (Lipinski definition) is 1. The molecule has 1 aliphatic carbocycles. The van der Waals surface area contributed by atoms with Crippen LogP contribution in [0.4, 0.5) is 0 Å². The molecule has 1 atom stereocenters. The molecule has 1 aromatic rings. The summed E-state index contributed by atoms with van der Waals surface area (Å²) in [6.07, 6.45) is 1.86. The van der Waals surface area contributed by atoms with Crippen LogP contribution in [0.3, 0.4) is 0 Å². The highest BCUT2D eigenvalue weighted by atomic mass is 32.2. The number of carbonyl (C=O) groups excluding carboxylic acids is 1. The van der Waals surface area contributed by atoms with E-state index >= 15 is 0 Å². The van der Waals surface area contributed by atoms with Gasteiger partial charge in [0.15, 0.2) is 0 Å². The maximum absolute atomic E-state index is 12.0. The first kappa shape index (κ1) is 15.4. The van der Waals surface area contributed by atoms with E-state index in [-0.39, 0.29) is 12.0 Å². The molecule has 3 nitrogen and oxygen atoms in total. The Morgan fingerprint density at radius 3 is 2.65 bits per heavy atom. The molecule has 1 amide bonds. The Hall–Kier alpha value is -1.00. The van der Waals surface area contributed by atoms with Crippen LogP contribution in [0.1, 0.15) is 24.0 Å². The van der Waals surface area contributed by atoms with Gasteiger partial charge < -0.3 is 10.0 Å². The maximum Gasteiger partial charge on any atom is 0.232 e. The number of carbonyl (C=O) groups is 1. The number of rotatable bonds is 7. The molecular formula is C16H23NO2S. The number of likely N-dealkylation sites (N-methyl/N-ethyl adjacent to an activating group) is 1. The van der Waals surface area contributed by atoms with E-state index in [9.17, 15) is 9.90 Å². The Bertz CT molecular complexity index is 442. The van der Waals surface area contributed by atoms with Gasteiger partial charge in [-0.1, -0.05) is 29.8 Å². The summed E-state index contributed by atoms with van der Waals surface area (Å²) in [5, 5.41) is 9.84. The van der Waals surface area contributed by atoms with Gasteiger partial charge >= 0.3 is 0 Å². The molecule has 0 saturated heterocycles. The van der Waals surface area contributed by atoms with Gasteiger partial charge in [-0.3, -0.25) is 4.79 Å². The van der Waals surface area contributed by atoms with E-state index in [1.54, 1.807) is 23.7 Å². The summed E-state index contributed by atoms with van der Waals surface area (Å²) < 4.78 is 0. The Morgan fingerprint density at radius 2 is 2.05 bits per heavy atom. The number of aryl methyl sites for hydroxylation is 1. The van der Waals surface area contributed by atoms with Gasteiger partial charge in [0.1, 0.15) is 0 Å². The lowest BCUT2D eigenvalue weighted by molar-refractivity contribution is -0.128. The van der Waals surface area contributed by atoms with Crippen molar-refractivity contribution in [1.82, 2.24) is 4.90 Å². The van der Waals surface area contributed by atoms with Crippen LogP contribution >= 0.6 is 11.8 Å². The van der Waals surface area contributed by atoms with Gasteiger partial charge in [0.2, 0.25) is 5.91 Å². The summed E-state index contributed by atoms with van der Waals surface area (Å²) in [7, 11) is 1.78. The third-order valence-corrected chi connectivity index (χ3v) is 4.66. The van der Waals surface area contributed by atoms with E-state index in [0.29, 0.717) is 18.2 Å². The summed E-state index contributed by atoms with van der Waals surface area (Å²) in [6, 6.07) is 8.40. The lowest BCUT2D eigenvalue weighted by atomic mass is 10.2. The molecule has 0 bridgehead atoms. The zero-order chi connectivity index (χ0) is 14.5. The molecule has 4 heteroatoms. The first-order chi connectivity index (χ1) is 9.56. The molecule has 1 saturated carbocycles. The number of aliphatic hydroxyl groups is 1. The highest BCUT2D eigenvalue weighted by molar-refractivity contribution is 7.99. The minimum atomic E-state index is -0.342. The van der Waals surface area contributed by atoms with E-state index in [4.69, 9.17) is 0 Å². The average Bonchev–Trinajstić information content (AvgIpc) is 3.25. The Balaban J connectivity index is 1.67. The van der Waals surface area contributed by atoms with Crippen LogP contribution in [0.5, 0.6) is 0 Å². The molecular weight excluding hydrogens is 270 g/mol. The number of benzene rings is 1. The van der Waals surface area contributed by atoms with Crippen molar-refractivity contribution in [3.05, 3.63) is 35.4 Å². The van der Waals surface area contributed by atoms with Gasteiger partial charge in [-0.2, -0.15) is 0 Å². The summed E-state index contributed by atoms with van der Waals surface area (Å²) >= 11 is 1.63. The highest BCUT2D eigenvalue weighted by Crippen LogP contribution is 2.32. The van der Waals surface area contributed by atoms with Gasteiger partial charge in [-0.15, -0.1) is 11.8 Å². The second-order valence-electron chi connectivity index (χ2n) is 5.66. The van der Waals surface area contributed by atoms with Gasteiger partial charge in [-0.05, 0) is 31.2 Å². The molecule has 110 valence electrons. The first-order valence-electron chi connectivity index (χ1n) is 7.11. The van der Waals surface area contributed by atoms with E-state index < -0.39 is 0 Å². The molecule has 0 heterocycles. The topological polar surface area (TPSA) is 40.5 Å². The van der Waals surface area contributed by atoms with Crippen LogP contribution in [0.2, 0.25) is 0 Å². The van der Waals surface area contributed by atoms with Crippen molar-refractivity contribution in [3.8, 4) is 0 Å². The smallest absolute Gasteiger partial charge is 0.232 e. The standard InChI is InChI=1S/C16H23NO2S/c1-12-3-5-13(6-4-12)10-20-11-16(19)17(2)9-15(18)14-7-8-14/h3-6,14-15,18H,7-11H2,1-2H3. The minimum absolute atomic E-state index is 0.0989. The Labute approximate surface area is 125 Å². The molecule has 0 radical (unpaired) electrons. The molecule has 1 unspecified atom stereocenters. The van der Waals surface area contributed by atoms with Crippen molar-refractivity contribution in [3.63, 3.8) is 0 Å². The van der Waals surface area contributed by atoms with E-state index in [0.717, 1.165) is 18.6 Å². The molecule has 2 rings (SSSR count). The van der Waals surface area contributed by atoms with E-state index in [1.807, 2.05) is 0 Å². The van der Waals surface area contributed by atoms with Gasteiger partial charge in [-0.25, -0.2) is 0 Å². The predicted molar refractivity (Wildman–Crippen MR) is 83.7 cm³/mol. The maximum atomic E-state index is 12.0. The van der Waals surface area contributed by atoms with Crippen molar-refractivity contribution in [1.29, 1.82) is 0 Å². The van der Waals surface area contributed by atoms with Crippen molar-refractivity contribution in [2.45, 2.75) is 31.6 Å². The lowest BCUT2D eigenvalue weighted by Gasteiger charge is -2.20. The molecule has 0 spiro atoms. The molecule has 1 aliphatic rings. The van der Waals surface area contributed by atoms with Gasteiger partial charge in [0.25, 0.3) is 0 Å². The molecule has 1 fully saturated rings. The Morgan fingerprint density at radius 1 is 1.40 bits per heavy atom. The monoisotopic (exact) mass is 293 g/mol. The number of nitrogens with zero attached hydrogens (tertiary/aromatic N) is 1. The highest BCUT2D eigenvalue weighted by Gasteiger charge is 2.30. The number of aliphatic hydroxyl groups excluding tert-OH is 1. The predicted octanol–water partition coefficient (Wildman–Crippen LogP) is 2.46. The zero-order valence-electron chi connectivity index (χ0n) is 12.2. The summed E-state index contributed by atoms with van der Waals surface area (Å²) in [6.45, 7) is 2.54. The summed E-state index contributed by atoms with van der Waals surface area (Å²) in [5.74, 6) is 1.85. The SMILES string of the molecule is Cc1ccc(CSCC(=O)N(C)CC(O)C2CC2)cc1. The first-order valence-corrected chi connectivity index (χ1v) is 8.27. The van der Waals surface area contributed by atoms with Crippen LogP contribution in [-0.4, -0.2) is 41.4 Å². The fraction of sp³-hybridized carbons (Fsp3) is 0.562.